The van der Waals surface area contributed by atoms with Gasteiger partial charge in [-0.3, -0.25) is 14.4 Å². The fraction of sp³-hybridized carbons (Fsp3) is 0.471. The predicted molar refractivity (Wildman–Crippen MR) is 88.2 cm³/mol. The topological polar surface area (TPSA) is 95.5 Å². The molecule has 0 aliphatic heterocycles. The van der Waals surface area contributed by atoms with E-state index in [9.17, 15) is 14.4 Å². The summed E-state index contributed by atoms with van der Waals surface area (Å²) in [6.07, 6.45) is 0.176. The Hall–Kier alpha value is -2.37. The summed E-state index contributed by atoms with van der Waals surface area (Å²) in [4.78, 5) is 34.4. The highest BCUT2D eigenvalue weighted by Gasteiger charge is 2.20. The smallest absolute Gasteiger partial charge is 0.310 e. The molecule has 6 heteroatoms. The van der Waals surface area contributed by atoms with Gasteiger partial charge in [0.2, 0.25) is 11.8 Å². The summed E-state index contributed by atoms with van der Waals surface area (Å²) >= 11 is 0. The van der Waals surface area contributed by atoms with Gasteiger partial charge >= 0.3 is 5.97 Å². The number of carboxylic acid groups (broad SMARTS) is 1. The van der Waals surface area contributed by atoms with Gasteiger partial charge in [0.05, 0.1) is 5.92 Å². The van der Waals surface area contributed by atoms with Crippen LogP contribution in [0.3, 0.4) is 0 Å². The standard InChI is InChI=1S/C17H24N2O4/c1-11(15(21)22)12-5-7-13(8-6-12)19-14(20)9-10-18-16(23)17(2,3)4/h5-8,11H,9-10H2,1-4H3,(H,18,23)(H,19,20)(H,21,22). The minimum absolute atomic E-state index is 0.0997. The molecule has 1 aromatic carbocycles. The molecule has 0 aliphatic carbocycles. The van der Waals surface area contributed by atoms with Crippen LogP contribution in [0.2, 0.25) is 0 Å². The van der Waals surface area contributed by atoms with E-state index in [0.717, 1.165) is 0 Å². The van der Waals surface area contributed by atoms with Crippen LogP contribution in [-0.2, 0) is 14.4 Å². The van der Waals surface area contributed by atoms with Crippen LogP contribution in [0.5, 0.6) is 0 Å². The normalized spacial score (nSPS) is 12.3. The van der Waals surface area contributed by atoms with Gasteiger partial charge in [-0.05, 0) is 24.6 Å². The highest BCUT2D eigenvalue weighted by molar-refractivity contribution is 5.91. The van der Waals surface area contributed by atoms with Crippen molar-refractivity contribution in [2.45, 2.75) is 40.0 Å². The summed E-state index contributed by atoms with van der Waals surface area (Å²) in [5.41, 5.74) is 0.791. The second-order valence-electron chi connectivity index (χ2n) is 6.49. The molecule has 0 saturated heterocycles. The van der Waals surface area contributed by atoms with Crippen molar-refractivity contribution in [1.29, 1.82) is 0 Å². The van der Waals surface area contributed by atoms with Gasteiger partial charge in [0.1, 0.15) is 0 Å². The number of amides is 2. The van der Waals surface area contributed by atoms with Gasteiger partial charge in [-0.15, -0.1) is 0 Å². The maximum Gasteiger partial charge on any atom is 0.310 e. The second kappa shape index (κ2) is 7.76. The van der Waals surface area contributed by atoms with Crippen molar-refractivity contribution in [3.05, 3.63) is 29.8 Å². The SMILES string of the molecule is CC(C(=O)O)c1ccc(NC(=O)CCNC(=O)C(C)(C)C)cc1. The van der Waals surface area contributed by atoms with E-state index in [0.29, 0.717) is 11.3 Å². The average Bonchev–Trinajstić information content (AvgIpc) is 2.46. The number of anilines is 1. The summed E-state index contributed by atoms with van der Waals surface area (Å²) in [6, 6.07) is 6.69. The van der Waals surface area contributed by atoms with Crippen LogP contribution in [0.1, 0.15) is 45.6 Å². The third-order valence-electron chi connectivity index (χ3n) is 3.38. The number of nitrogens with one attached hydrogen (secondary N) is 2. The Balaban J connectivity index is 2.46. The zero-order chi connectivity index (χ0) is 17.6. The Morgan fingerprint density at radius 1 is 1.13 bits per heavy atom. The lowest BCUT2D eigenvalue weighted by atomic mass is 9.96. The number of rotatable bonds is 6. The lowest BCUT2D eigenvalue weighted by Crippen LogP contribution is -2.36. The lowest BCUT2D eigenvalue weighted by Gasteiger charge is -2.17. The van der Waals surface area contributed by atoms with Crippen LogP contribution in [0.25, 0.3) is 0 Å². The first-order chi connectivity index (χ1) is 10.6. The quantitative estimate of drug-likeness (QED) is 0.750. The van der Waals surface area contributed by atoms with Crippen LogP contribution < -0.4 is 10.6 Å². The number of hydrogen-bond acceptors (Lipinski definition) is 3. The number of carbonyl (C=O) groups is 3. The molecule has 3 N–H and O–H groups in total. The van der Waals surface area contributed by atoms with Gasteiger partial charge in [-0.2, -0.15) is 0 Å². The molecule has 23 heavy (non-hydrogen) atoms. The molecule has 0 spiro atoms. The first-order valence-corrected chi connectivity index (χ1v) is 7.52. The highest BCUT2D eigenvalue weighted by atomic mass is 16.4. The van der Waals surface area contributed by atoms with E-state index in [2.05, 4.69) is 10.6 Å². The summed E-state index contributed by atoms with van der Waals surface area (Å²) in [7, 11) is 0. The number of aliphatic carboxylic acids is 1. The van der Waals surface area contributed by atoms with Crippen molar-refractivity contribution >= 4 is 23.5 Å². The minimum atomic E-state index is -0.892. The molecule has 0 radical (unpaired) electrons. The zero-order valence-corrected chi connectivity index (χ0v) is 14.0. The Labute approximate surface area is 136 Å². The fourth-order valence-corrected chi connectivity index (χ4v) is 1.78. The van der Waals surface area contributed by atoms with Gasteiger partial charge in [-0.1, -0.05) is 32.9 Å². The maximum atomic E-state index is 11.8. The van der Waals surface area contributed by atoms with E-state index in [1.807, 2.05) is 20.8 Å². The van der Waals surface area contributed by atoms with Crippen molar-refractivity contribution < 1.29 is 19.5 Å². The zero-order valence-electron chi connectivity index (χ0n) is 14.0. The van der Waals surface area contributed by atoms with Crippen molar-refractivity contribution in [3.8, 4) is 0 Å². The monoisotopic (exact) mass is 320 g/mol. The Bertz CT molecular complexity index is 573. The number of hydrogen-bond donors (Lipinski definition) is 3. The number of carbonyl (C=O) groups excluding carboxylic acids is 2. The first-order valence-electron chi connectivity index (χ1n) is 7.52. The van der Waals surface area contributed by atoms with E-state index in [1.54, 1.807) is 31.2 Å². The summed E-state index contributed by atoms with van der Waals surface area (Å²) in [6.45, 7) is 7.30. The van der Waals surface area contributed by atoms with Crippen molar-refractivity contribution in [2.24, 2.45) is 5.41 Å². The van der Waals surface area contributed by atoms with E-state index in [1.165, 1.54) is 0 Å². The van der Waals surface area contributed by atoms with E-state index < -0.39 is 17.3 Å². The molecule has 0 bridgehead atoms. The van der Waals surface area contributed by atoms with Crippen LogP contribution in [0.15, 0.2) is 24.3 Å². The van der Waals surface area contributed by atoms with Crippen LogP contribution in [0, 0.1) is 5.41 Å². The minimum Gasteiger partial charge on any atom is -0.481 e. The third kappa shape index (κ3) is 6.10. The molecular formula is C17H24N2O4. The summed E-state index contributed by atoms with van der Waals surface area (Å²) in [5.74, 6) is -1.79. The molecule has 0 saturated carbocycles. The predicted octanol–water partition coefficient (Wildman–Crippen LogP) is 2.37. The largest absolute Gasteiger partial charge is 0.481 e. The maximum absolute atomic E-state index is 11.8. The molecule has 2 amide bonds. The van der Waals surface area contributed by atoms with E-state index in [-0.39, 0.29) is 24.8 Å². The van der Waals surface area contributed by atoms with Gasteiger partial charge in [0, 0.05) is 24.1 Å². The van der Waals surface area contributed by atoms with Gasteiger partial charge < -0.3 is 15.7 Å². The molecule has 1 atom stereocenters. The Morgan fingerprint density at radius 3 is 2.17 bits per heavy atom. The molecule has 0 aromatic heterocycles. The van der Waals surface area contributed by atoms with Gasteiger partial charge in [0.25, 0.3) is 0 Å². The molecule has 1 rings (SSSR count). The van der Waals surface area contributed by atoms with Crippen LogP contribution in [-0.4, -0.2) is 29.4 Å². The average molecular weight is 320 g/mol. The van der Waals surface area contributed by atoms with Gasteiger partial charge in [0.15, 0.2) is 0 Å². The Morgan fingerprint density at radius 2 is 1.70 bits per heavy atom. The lowest BCUT2D eigenvalue weighted by molar-refractivity contribution is -0.138. The third-order valence-corrected chi connectivity index (χ3v) is 3.38. The van der Waals surface area contributed by atoms with E-state index >= 15 is 0 Å². The van der Waals surface area contributed by atoms with Gasteiger partial charge in [-0.25, -0.2) is 0 Å². The highest BCUT2D eigenvalue weighted by Crippen LogP contribution is 2.18. The molecule has 0 aliphatic rings. The molecular weight excluding hydrogens is 296 g/mol. The molecule has 0 fully saturated rings. The number of carboxylic acids is 1. The fourth-order valence-electron chi connectivity index (χ4n) is 1.78. The molecule has 0 heterocycles. The summed E-state index contributed by atoms with van der Waals surface area (Å²) in [5, 5.41) is 14.4. The summed E-state index contributed by atoms with van der Waals surface area (Å²) < 4.78 is 0. The van der Waals surface area contributed by atoms with Crippen molar-refractivity contribution in [2.75, 3.05) is 11.9 Å². The second-order valence-corrected chi connectivity index (χ2v) is 6.49. The molecule has 1 unspecified atom stereocenters. The van der Waals surface area contributed by atoms with E-state index in [4.69, 9.17) is 5.11 Å². The van der Waals surface area contributed by atoms with Crippen LogP contribution >= 0.6 is 0 Å². The Kier molecular flexibility index (Phi) is 6.30. The van der Waals surface area contributed by atoms with Crippen molar-refractivity contribution in [1.82, 2.24) is 5.32 Å². The molecule has 126 valence electrons. The van der Waals surface area contributed by atoms with Crippen molar-refractivity contribution in [3.63, 3.8) is 0 Å². The molecule has 1 aromatic rings. The van der Waals surface area contributed by atoms with Crippen LogP contribution in [0.4, 0.5) is 5.69 Å². The number of benzene rings is 1. The molecule has 6 nitrogen and oxygen atoms in total. The first kappa shape index (κ1) is 18.7.